The van der Waals surface area contributed by atoms with Crippen LogP contribution in [0.1, 0.15) is 159 Å². The Morgan fingerprint density at radius 2 is 1.14 bits per heavy atom. The lowest BCUT2D eigenvalue weighted by molar-refractivity contribution is -0.404. The Kier molecular flexibility index (Phi) is 27.0. The molecule has 5 saturated heterocycles. The van der Waals surface area contributed by atoms with Crippen molar-refractivity contribution >= 4 is 23.9 Å². The molecule has 0 aliphatic carbocycles. The van der Waals surface area contributed by atoms with E-state index < -0.39 is 189 Å². The van der Waals surface area contributed by atoms with E-state index in [9.17, 15) is 65.1 Å². The number of aliphatic hydroxyl groups is 9. The van der Waals surface area contributed by atoms with Crippen molar-refractivity contribution in [2.24, 2.45) is 23.7 Å². The highest BCUT2D eigenvalue weighted by Crippen LogP contribution is 2.41. The van der Waals surface area contributed by atoms with E-state index in [0.717, 1.165) is 51.4 Å². The summed E-state index contributed by atoms with van der Waals surface area (Å²) in [6.07, 6.45) is -25.3. The van der Waals surface area contributed by atoms with Crippen LogP contribution in [0.15, 0.2) is 0 Å². The van der Waals surface area contributed by atoms with Crippen molar-refractivity contribution in [2.45, 2.75) is 294 Å². The average Bonchev–Trinajstić information content (AvgIpc) is 3.47. The fraction of sp³-hybridized carbons (Fsp3) is 0.927. The zero-order valence-electron chi connectivity index (χ0n) is 47.5. The largest absolute Gasteiger partial charge is 0.463 e. The molecule has 0 amide bonds. The van der Waals surface area contributed by atoms with Gasteiger partial charge in [-0.15, -0.1) is 0 Å². The Bertz CT molecular complexity index is 1860. The van der Waals surface area contributed by atoms with E-state index in [-0.39, 0.29) is 12.8 Å². The molecule has 26 atom stereocenters. The van der Waals surface area contributed by atoms with Gasteiger partial charge in [0.25, 0.3) is 0 Å². The summed E-state index contributed by atoms with van der Waals surface area (Å²) in [7, 11) is 0. The summed E-state index contributed by atoms with van der Waals surface area (Å²) in [4.78, 5) is 54.0. The molecular weight excluding hydrogens is 1040 g/mol. The van der Waals surface area contributed by atoms with E-state index in [1.54, 1.807) is 20.8 Å². The highest BCUT2D eigenvalue weighted by Gasteiger charge is 2.58. The van der Waals surface area contributed by atoms with Crippen molar-refractivity contribution in [1.29, 1.82) is 0 Å². The van der Waals surface area contributed by atoms with Gasteiger partial charge in [-0.1, -0.05) is 78.6 Å². The first kappa shape index (κ1) is 67.0. The zero-order chi connectivity index (χ0) is 58.4. The van der Waals surface area contributed by atoms with Gasteiger partial charge in [-0.05, 0) is 73.6 Å². The van der Waals surface area contributed by atoms with Gasteiger partial charge in [0, 0.05) is 12.3 Å². The SMILES string of the molecule is CCCCCC1CCCCCCCCCC(=O)OC2C(CC3OC(C)C(OC(=O)C(C)C(C)O)C(O)C3O)C(C)OC(OC3C(OC(COC(=O)C(C)C(C)O)C(O)C3O)OC3C(O1)OC(O)C(O)C3O)C2OC(=O)C(C)CC. The summed E-state index contributed by atoms with van der Waals surface area (Å²) in [5.74, 6) is -6.90. The molecule has 458 valence electrons. The number of carbonyl (C=O) groups excluding carboxylic acids is 4. The van der Waals surface area contributed by atoms with Crippen LogP contribution in [-0.2, 0) is 71.3 Å². The van der Waals surface area contributed by atoms with Crippen LogP contribution in [0, 0.1) is 23.7 Å². The molecule has 5 aliphatic heterocycles. The van der Waals surface area contributed by atoms with E-state index in [0.29, 0.717) is 32.1 Å². The maximum atomic E-state index is 14.1. The molecule has 2 bridgehead atoms. The molecule has 26 unspecified atom stereocenters. The van der Waals surface area contributed by atoms with E-state index in [1.807, 2.05) is 0 Å². The molecule has 0 aromatic heterocycles. The van der Waals surface area contributed by atoms with Crippen molar-refractivity contribution < 1.29 is 117 Å². The predicted octanol–water partition coefficient (Wildman–Crippen LogP) is 1.71. The molecule has 24 nitrogen and oxygen atoms in total. The predicted molar refractivity (Wildman–Crippen MR) is 274 cm³/mol. The Morgan fingerprint density at radius 3 is 1.77 bits per heavy atom. The highest BCUT2D eigenvalue weighted by molar-refractivity contribution is 5.73. The summed E-state index contributed by atoms with van der Waals surface area (Å²) in [6.45, 7) is 13.4. The minimum Gasteiger partial charge on any atom is -0.463 e. The van der Waals surface area contributed by atoms with Gasteiger partial charge in [0.05, 0.1) is 54.4 Å². The minimum atomic E-state index is -2.05. The topological polar surface area (TPSA) is 352 Å². The molecule has 5 heterocycles. The number of aliphatic hydroxyl groups excluding tert-OH is 9. The first-order valence-electron chi connectivity index (χ1n) is 28.9. The van der Waals surface area contributed by atoms with Gasteiger partial charge < -0.3 is 98.1 Å². The van der Waals surface area contributed by atoms with Gasteiger partial charge in [-0.25, -0.2) is 0 Å². The summed E-state index contributed by atoms with van der Waals surface area (Å²) >= 11 is 0. The van der Waals surface area contributed by atoms with Crippen LogP contribution in [-0.4, -0.2) is 211 Å². The Hall–Kier alpha value is -2.76. The minimum absolute atomic E-state index is 0.0459. The zero-order valence-corrected chi connectivity index (χ0v) is 47.5. The van der Waals surface area contributed by atoms with Crippen LogP contribution in [0.25, 0.3) is 0 Å². The molecule has 79 heavy (non-hydrogen) atoms. The van der Waals surface area contributed by atoms with Crippen molar-refractivity contribution in [3.05, 3.63) is 0 Å². The van der Waals surface area contributed by atoms with Crippen molar-refractivity contribution in [3.63, 3.8) is 0 Å². The maximum absolute atomic E-state index is 14.1. The molecule has 0 radical (unpaired) electrons. The van der Waals surface area contributed by atoms with E-state index in [4.69, 9.17) is 52.1 Å². The standard InChI is InChI=1S/C55H94O24/c1-10-12-18-21-33-22-19-16-14-13-15-17-20-23-37(58)74-45-34(24-35-38(59)40(61)44(32(9)70-35)75-51(67)28(5)30(7)57)31(8)71-55(48(45)76-49(65)26(3)11-2)78-46-41(62)39(60)36(25-69-50(66)27(4)29(6)56)73-54(46)77-47-42(63)43(64)52(68)79-53(47)72-33/h26-36,38-48,52-57,59-64,68H,10-25H2,1-9H3. The van der Waals surface area contributed by atoms with Crippen LogP contribution in [0.4, 0.5) is 0 Å². The normalized spacial score (nSPS) is 40.5. The Labute approximate surface area is 463 Å². The van der Waals surface area contributed by atoms with Gasteiger partial charge in [0.15, 0.2) is 37.4 Å². The summed E-state index contributed by atoms with van der Waals surface area (Å²) in [5, 5.41) is 101. The summed E-state index contributed by atoms with van der Waals surface area (Å²) in [5.41, 5.74) is 0. The van der Waals surface area contributed by atoms with E-state index in [1.165, 1.54) is 34.6 Å². The van der Waals surface area contributed by atoms with Crippen molar-refractivity contribution in [3.8, 4) is 0 Å². The molecular formula is C55H94O24. The molecule has 0 aromatic carbocycles. The fourth-order valence-corrected chi connectivity index (χ4v) is 10.4. The molecule has 0 saturated carbocycles. The van der Waals surface area contributed by atoms with Crippen LogP contribution in [0.3, 0.4) is 0 Å². The van der Waals surface area contributed by atoms with Gasteiger partial charge in [-0.2, -0.15) is 0 Å². The molecule has 5 fully saturated rings. The maximum Gasteiger partial charge on any atom is 0.311 e. The van der Waals surface area contributed by atoms with E-state index in [2.05, 4.69) is 6.92 Å². The van der Waals surface area contributed by atoms with Gasteiger partial charge in [0.1, 0.15) is 67.6 Å². The number of hydrogen-bond acceptors (Lipinski definition) is 24. The smallest absolute Gasteiger partial charge is 0.311 e. The Balaban J connectivity index is 1.58. The van der Waals surface area contributed by atoms with Crippen molar-refractivity contribution in [2.75, 3.05) is 6.61 Å². The summed E-state index contributed by atoms with van der Waals surface area (Å²) in [6, 6.07) is 0. The van der Waals surface area contributed by atoms with Gasteiger partial charge in [0.2, 0.25) is 0 Å². The highest BCUT2D eigenvalue weighted by atomic mass is 16.8. The first-order chi connectivity index (χ1) is 37.4. The fourth-order valence-electron chi connectivity index (χ4n) is 10.4. The second kappa shape index (κ2) is 31.8. The van der Waals surface area contributed by atoms with Crippen molar-refractivity contribution in [1.82, 2.24) is 0 Å². The van der Waals surface area contributed by atoms with Crippen LogP contribution in [0.2, 0.25) is 0 Å². The quantitative estimate of drug-likeness (QED) is 0.0603. The third-order valence-corrected chi connectivity index (χ3v) is 16.4. The molecule has 9 N–H and O–H groups in total. The molecule has 5 aliphatic rings. The van der Waals surface area contributed by atoms with Gasteiger partial charge in [-0.3, -0.25) is 19.2 Å². The summed E-state index contributed by atoms with van der Waals surface area (Å²) < 4.78 is 67.8. The molecule has 0 spiro atoms. The molecule has 5 rings (SSSR count). The van der Waals surface area contributed by atoms with Crippen LogP contribution < -0.4 is 0 Å². The lowest BCUT2D eigenvalue weighted by atomic mass is 9.81. The average molecular weight is 1140 g/mol. The lowest BCUT2D eigenvalue weighted by Gasteiger charge is -2.50. The van der Waals surface area contributed by atoms with Gasteiger partial charge >= 0.3 is 23.9 Å². The number of fused-ring (bicyclic) bond motifs is 4. The Morgan fingerprint density at radius 1 is 0.570 bits per heavy atom. The lowest BCUT2D eigenvalue weighted by Crippen LogP contribution is -2.67. The number of unbranched alkanes of at least 4 members (excludes halogenated alkanes) is 2. The first-order valence-corrected chi connectivity index (χ1v) is 28.9. The number of ether oxygens (including phenoxy) is 11. The van der Waals surface area contributed by atoms with Crippen LogP contribution >= 0.6 is 0 Å². The monoisotopic (exact) mass is 1140 g/mol. The second-order valence-corrected chi connectivity index (χ2v) is 22.6. The van der Waals surface area contributed by atoms with Crippen LogP contribution in [0.5, 0.6) is 0 Å². The number of esters is 4. The number of hydrogen-bond donors (Lipinski definition) is 9. The third kappa shape index (κ3) is 18.1. The molecule has 0 aromatic rings. The van der Waals surface area contributed by atoms with E-state index >= 15 is 0 Å². The number of carbonyl (C=O) groups is 4. The molecule has 24 heteroatoms. The second-order valence-electron chi connectivity index (χ2n) is 22.6. The third-order valence-electron chi connectivity index (χ3n) is 16.4. The number of rotatable bonds is 16.